The summed E-state index contributed by atoms with van der Waals surface area (Å²) in [7, 11) is -3.41. The average Bonchev–Trinajstić information content (AvgIpc) is 2.81. The summed E-state index contributed by atoms with van der Waals surface area (Å²) in [5.74, 6) is 0. The second-order valence-electron chi connectivity index (χ2n) is 5.53. The maximum atomic E-state index is 12.4. The molecule has 106 valence electrons. The molecule has 2 aliphatic heterocycles. The summed E-state index contributed by atoms with van der Waals surface area (Å²) in [6, 6.07) is 1.03. The number of rotatable bonds is 3. The number of nitrogens with zero attached hydrogens (tertiary/aromatic N) is 1. The minimum atomic E-state index is -3.41. The first-order chi connectivity index (χ1) is 8.94. The Balaban J connectivity index is 1.77. The number of aromatic nitrogens is 1. The van der Waals surface area contributed by atoms with Crippen molar-refractivity contribution in [3.8, 4) is 0 Å². The van der Waals surface area contributed by atoms with Crippen molar-refractivity contribution < 1.29 is 8.42 Å². The molecule has 2 fully saturated rings. The number of aryl methyl sites for hydroxylation is 2. The fourth-order valence-electron chi connectivity index (χ4n) is 3.19. The van der Waals surface area contributed by atoms with E-state index in [0.717, 1.165) is 17.8 Å². The van der Waals surface area contributed by atoms with Gasteiger partial charge in [-0.05, 0) is 39.5 Å². The van der Waals surface area contributed by atoms with Crippen LogP contribution in [0.2, 0.25) is 0 Å². The van der Waals surface area contributed by atoms with Gasteiger partial charge in [0.15, 0.2) is 4.21 Å². The molecule has 0 aromatic carbocycles. The lowest BCUT2D eigenvalue weighted by atomic mass is 10.0. The maximum Gasteiger partial charge on any atom is 0.252 e. The first-order valence-electron chi connectivity index (χ1n) is 6.66. The van der Waals surface area contributed by atoms with E-state index >= 15 is 0 Å². The topological polar surface area (TPSA) is 71.1 Å². The van der Waals surface area contributed by atoms with Crippen LogP contribution < -0.4 is 10.0 Å². The highest BCUT2D eigenvalue weighted by Crippen LogP contribution is 2.29. The highest BCUT2D eigenvalue weighted by molar-refractivity contribution is 7.91. The number of hydrogen-bond acceptors (Lipinski definition) is 5. The number of thiazole rings is 1. The molecule has 3 heterocycles. The lowest BCUT2D eigenvalue weighted by Gasteiger charge is -2.29. The van der Waals surface area contributed by atoms with Crippen molar-refractivity contribution >= 4 is 21.4 Å². The third-order valence-electron chi connectivity index (χ3n) is 3.90. The van der Waals surface area contributed by atoms with Crippen LogP contribution >= 0.6 is 11.3 Å². The van der Waals surface area contributed by atoms with Crippen molar-refractivity contribution in [1.29, 1.82) is 0 Å². The molecule has 5 nitrogen and oxygen atoms in total. The maximum absolute atomic E-state index is 12.4. The summed E-state index contributed by atoms with van der Waals surface area (Å²) in [4.78, 5) is 4.20. The van der Waals surface area contributed by atoms with E-state index in [-0.39, 0.29) is 6.04 Å². The van der Waals surface area contributed by atoms with Crippen molar-refractivity contribution in [2.45, 2.75) is 61.9 Å². The SMILES string of the molecule is Cc1nc(C)c(S(=O)(=O)NC2CC3CCC(C2)N3)s1. The number of fused-ring (bicyclic) bond motifs is 2. The molecule has 1 aromatic heterocycles. The van der Waals surface area contributed by atoms with Crippen molar-refractivity contribution in [1.82, 2.24) is 15.0 Å². The molecule has 2 unspecified atom stereocenters. The molecule has 2 atom stereocenters. The monoisotopic (exact) mass is 301 g/mol. The van der Waals surface area contributed by atoms with E-state index in [1.165, 1.54) is 24.2 Å². The van der Waals surface area contributed by atoms with Crippen molar-refractivity contribution in [3.63, 3.8) is 0 Å². The van der Waals surface area contributed by atoms with E-state index < -0.39 is 10.0 Å². The molecule has 0 amide bonds. The van der Waals surface area contributed by atoms with Crippen molar-refractivity contribution in [2.24, 2.45) is 0 Å². The number of piperidine rings is 1. The van der Waals surface area contributed by atoms with E-state index in [2.05, 4.69) is 15.0 Å². The average molecular weight is 301 g/mol. The molecule has 3 rings (SSSR count). The van der Waals surface area contributed by atoms with Gasteiger partial charge in [-0.15, -0.1) is 11.3 Å². The van der Waals surface area contributed by atoms with Crippen LogP contribution in [0.5, 0.6) is 0 Å². The normalized spacial score (nSPS) is 30.7. The van der Waals surface area contributed by atoms with Gasteiger partial charge in [0.2, 0.25) is 0 Å². The molecule has 0 aliphatic carbocycles. The molecule has 7 heteroatoms. The van der Waals surface area contributed by atoms with Gasteiger partial charge >= 0.3 is 0 Å². The van der Waals surface area contributed by atoms with Crippen LogP contribution in [0.3, 0.4) is 0 Å². The van der Waals surface area contributed by atoms with Gasteiger partial charge in [-0.25, -0.2) is 18.1 Å². The van der Waals surface area contributed by atoms with Crippen LogP contribution in [0.25, 0.3) is 0 Å². The quantitative estimate of drug-likeness (QED) is 0.883. The zero-order chi connectivity index (χ0) is 13.6. The van der Waals surface area contributed by atoms with Gasteiger partial charge < -0.3 is 5.32 Å². The van der Waals surface area contributed by atoms with Gasteiger partial charge in [0.25, 0.3) is 10.0 Å². The van der Waals surface area contributed by atoms with Gasteiger partial charge in [0, 0.05) is 18.1 Å². The minimum Gasteiger partial charge on any atom is -0.311 e. The zero-order valence-corrected chi connectivity index (χ0v) is 12.8. The Bertz CT molecular complexity index is 570. The van der Waals surface area contributed by atoms with E-state index in [1.807, 2.05) is 6.92 Å². The summed E-state index contributed by atoms with van der Waals surface area (Å²) >= 11 is 1.25. The first-order valence-corrected chi connectivity index (χ1v) is 8.96. The van der Waals surface area contributed by atoms with Crippen LogP contribution in [0, 0.1) is 13.8 Å². The lowest BCUT2D eigenvalue weighted by Crippen LogP contribution is -2.47. The highest BCUT2D eigenvalue weighted by atomic mass is 32.2. The second-order valence-corrected chi connectivity index (χ2v) is 8.65. The summed E-state index contributed by atoms with van der Waals surface area (Å²) in [6.07, 6.45) is 4.13. The van der Waals surface area contributed by atoms with Crippen LogP contribution in [-0.4, -0.2) is 31.5 Å². The third-order valence-corrected chi connectivity index (χ3v) is 7.10. The van der Waals surface area contributed by atoms with Gasteiger partial charge in [-0.3, -0.25) is 0 Å². The number of nitrogens with one attached hydrogen (secondary N) is 2. The van der Waals surface area contributed by atoms with Crippen molar-refractivity contribution in [2.75, 3.05) is 0 Å². The lowest BCUT2D eigenvalue weighted by molar-refractivity contribution is 0.345. The Hall–Kier alpha value is -0.500. The molecule has 1 aromatic rings. The summed E-state index contributed by atoms with van der Waals surface area (Å²) in [5.41, 5.74) is 0.604. The Morgan fingerprint density at radius 3 is 2.42 bits per heavy atom. The molecule has 2 bridgehead atoms. The van der Waals surface area contributed by atoms with Crippen LogP contribution in [0.15, 0.2) is 4.21 Å². The second kappa shape index (κ2) is 4.80. The first kappa shape index (κ1) is 13.5. The van der Waals surface area contributed by atoms with E-state index in [4.69, 9.17) is 0 Å². The Labute approximate surface area is 117 Å². The molecule has 19 heavy (non-hydrogen) atoms. The molecule has 2 saturated heterocycles. The van der Waals surface area contributed by atoms with Crippen LogP contribution in [0.4, 0.5) is 0 Å². The third kappa shape index (κ3) is 2.69. The van der Waals surface area contributed by atoms with E-state index in [9.17, 15) is 8.42 Å². The molecule has 0 radical (unpaired) electrons. The largest absolute Gasteiger partial charge is 0.311 e. The van der Waals surface area contributed by atoms with Gasteiger partial charge in [-0.2, -0.15) is 0 Å². The molecule has 0 spiro atoms. The minimum absolute atomic E-state index is 0.0607. The Kier molecular flexibility index (Phi) is 3.41. The van der Waals surface area contributed by atoms with Crippen molar-refractivity contribution in [3.05, 3.63) is 10.7 Å². The summed E-state index contributed by atoms with van der Waals surface area (Å²) in [5, 5.41) is 4.31. The smallest absolute Gasteiger partial charge is 0.252 e. The molecular weight excluding hydrogens is 282 g/mol. The zero-order valence-electron chi connectivity index (χ0n) is 11.1. The molecule has 2 aliphatic rings. The number of hydrogen-bond donors (Lipinski definition) is 2. The highest BCUT2D eigenvalue weighted by Gasteiger charge is 2.36. The van der Waals surface area contributed by atoms with Gasteiger partial charge in [0.05, 0.1) is 10.7 Å². The van der Waals surface area contributed by atoms with Gasteiger partial charge in [0.1, 0.15) is 0 Å². The van der Waals surface area contributed by atoms with E-state index in [1.54, 1.807) is 6.92 Å². The molecule has 2 N–H and O–H groups in total. The number of sulfonamides is 1. The summed E-state index contributed by atoms with van der Waals surface area (Å²) in [6.45, 7) is 3.59. The summed E-state index contributed by atoms with van der Waals surface area (Å²) < 4.78 is 28.1. The molecular formula is C12H19N3O2S2. The molecule has 0 saturated carbocycles. The fourth-order valence-corrected chi connectivity index (χ4v) is 5.95. The van der Waals surface area contributed by atoms with E-state index in [0.29, 0.717) is 22.0 Å². The predicted molar refractivity (Wildman–Crippen MR) is 74.9 cm³/mol. The Morgan fingerprint density at radius 1 is 1.26 bits per heavy atom. The van der Waals surface area contributed by atoms with Gasteiger partial charge in [-0.1, -0.05) is 0 Å². The predicted octanol–water partition coefficient (Wildman–Crippen LogP) is 1.32. The standard InChI is InChI=1S/C12H19N3O2S2/c1-7-12(18-8(2)13-7)19(16,17)15-11-5-9-3-4-10(6-11)14-9/h9-11,14-15H,3-6H2,1-2H3. The van der Waals surface area contributed by atoms with Crippen LogP contribution in [-0.2, 0) is 10.0 Å². The Morgan fingerprint density at radius 2 is 1.89 bits per heavy atom. The van der Waals surface area contributed by atoms with Crippen LogP contribution in [0.1, 0.15) is 36.4 Å². The fraction of sp³-hybridized carbons (Fsp3) is 0.750.